The Balaban J connectivity index is 2.09. The molecule has 1 amide bonds. The molecule has 0 radical (unpaired) electrons. The molecule has 1 saturated heterocycles. The van der Waals surface area contributed by atoms with Crippen LogP contribution in [0.1, 0.15) is 20.3 Å². The number of carbonyl (C=O) groups is 1. The number of nitrogens with zero attached hydrogens (tertiary/aromatic N) is 3. The summed E-state index contributed by atoms with van der Waals surface area (Å²) < 4.78 is 0. The van der Waals surface area contributed by atoms with Crippen LogP contribution in [0.25, 0.3) is 0 Å². The van der Waals surface area contributed by atoms with E-state index in [2.05, 4.69) is 0 Å². The molecule has 1 aliphatic rings. The summed E-state index contributed by atoms with van der Waals surface area (Å²) in [6, 6.07) is 4.70. The van der Waals surface area contributed by atoms with Gasteiger partial charge in [-0.25, -0.2) is 0 Å². The van der Waals surface area contributed by atoms with Crippen molar-refractivity contribution in [3.63, 3.8) is 0 Å². The van der Waals surface area contributed by atoms with Crippen LogP contribution < -0.4 is 4.90 Å². The van der Waals surface area contributed by atoms with E-state index in [1.807, 2.05) is 23.6 Å². The number of nitro groups is 1. The molecule has 1 aliphatic heterocycles. The molecule has 0 spiro atoms. The third-order valence-electron chi connectivity index (χ3n) is 4.10. The molecule has 0 bridgehead atoms. The summed E-state index contributed by atoms with van der Waals surface area (Å²) in [6.07, 6.45) is 0.821. The first kappa shape index (κ1) is 16.5. The first-order valence-corrected chi connectivity index (χ1v) is 7.79. The van der Waals surface area contributed by atoms with E-state index in [4.69, 9.17) is 11.6 Å². The van der Waals surface area contributed by atoms with Crippen molar-refractivity contribution in [3.05, 3.63) is 33.3 Å². The zero-order valence-electron chi connectivity index (χ0n) is 12.8. The van der Waals surface area contributed by atoms with Crippen molar-refractivity contribution < 1.29 is 9.72 Å². The van der Waals surface area contributed by atoms with Gasteiger partial charge in [0.25, 0.3) is 5.69 Å². The average Bonchev–Trinajstić information content (AvgIpc) is 2.53. The average molecular weight is 326 g/mol. The monoisotopic (exact) mass is 325 g/mol. The molecule has 0 aromatic heterocycles. The Morgan fingerprint density at radius 2 is 2.00 bits per heavy atom. The number of hydrogen-bond acceptors (Lipinski definition) is 4. The van der Waals surface area contributed by atoms with Gasteiger partial charge in [0, 0.05) is 43.2 Å². The van der Waals surface area contributed by atoms with E-state index in [1.165, 1.54) is 6.07 Å². The minimum atomic E-state index is -0.419. The number of benzene rings is 1. The van der Waals surface area contributed by atoms with Crippen molar-refractivity contribution in [3.8, 4) is 0 Å². The molecule has 7 heteroatoms. The lowest BCUT2D eigenvalue weighted by atomic mass is 10.1. The maximum Gasteiger partial charge on any atom is 0.294 e. The molecule has 0 aliphatic carbocycles. The lowest BCUT2D eigenvalue weighted by molar-refractivity contribution is -0.384. The molecule has 22 heavy (non-hydrogen) atoms. The van der Waals surface area contributed by atoms with Gasteiger partial charge in [-0.1, -0.05) is 25.4 Å². The normalized spacial score (nSPS) is 16.5. The number of nitro benzene ring substituents is 1. The Bertz CT molecular complexity index is 571. The fourth-order valence-corrected chi connectivity index (χ4v) is 2.73. The summed E-state index contributed by atoms with van der Waals surface area (Å²) in [4.78, 5) is 26.7. The van der Waals surface area contributed by atoms with Crippen LogP contribution in [-0.2, 0) is 4.79 Å². The maximum absolute atomic E-state index is 12.2. The molecule has 1 fully saturated rings. The number of halogens is 1. The van der Waals surface area contributed by atoms with Crippen LogP contribution in [0.15, 0.2) is 18.2 Å². The van der Waals surface area contributed by atoms with Crippen molar-refractivity contribution >= 4 is 28.9 Å². The van der Waals surface area contributed by atoms with Crippen molar-refractivity contribution in [2.24, 2.45) is 5.92 Å². The summed E-state index contributed by atoms with van der Waals surface area (Å²) in [7, 11) is 0. The molecule has 1 atom stereocenters. The summed E-state index contributed by atoms with van der Waals surface area (Å²) in [5.74, 6) is 0.184. The molecule has 0 N–H and O–H groups in total. The Morgan fingerprint density at radius 3 is 2.55 bits per heavy atom. The predicted octanol–water partition coefficient (Wildman–Crippen LogP) is 2.94. The highest BCUT2D eigenvalue weighted by Gasteiger charge is 2.27. The zero-order chi connectivity index (χ0) is 16.3. The van der Waals surface area contributed by atoms with Crippen molar-refractivity contribution in [1.29, 1.82) is 0 Å². The van der Waals surface area contributed by atoms with E-state index in [1.54, 1.807) is 12.1 Å². The molecule has 1 aromatic carbocycles. The number of anilines is 1. The van der Waals surface area contributed by atoms with Gasteiger partial charge in [0.15, 0.2) is 0 Å². The molecule has 6 nitrogen and oxygen atoms in total. The SMILES string of the molecule is CC[C@H](C)C(=O)N1CCN(c2ccc(Cl)cc2[N+](=O)[O-])CC1. The second kappa shape index (κ2) is 6.96. The van der Waals surface area contributed by atoms with Crippen LogP contribution in [0.3, 0.4) is 0 Å². The van der Waals surface area contributed by atoms with Crippen LogP contribution in [-0.4, -0.2) is 41.9 Å². The van der Waals surface area contributed by atoms with Gasteiger partial charge in [0.1, 0.15) is 5.69 Å². The Kier molecular flexibility index (Phi) is 5.24. The highest BCUT2D eigenvalue weighted by Crippen LogP contribution is 2.31. The topological polar surface area (TPSA) is 66.7 Å². The first-order chi connectivity index (χ1) is 10.4. The van der Waals surface area contributed by atoms with E-state index in [9.17, 15) is 14.9 Å². The summed E-state index contributed by atoms with van der Waals surface area (Å²) in [6.45, 7) is 6.27. The summed E-state index contributed by atoms with van der Waals surface area (Å²) in [5.41, 5.74) is 0.569. The summed E-state index contributed by atoms with van der Waals surface area (Å²) in [5, 5.41) is 11.5. The van der Waals surface area contributed by atoms with E-state index in [0.29, 0.717) is 36.9 Å². The molecule has 1 aromatic rings. The van der Waals surface area contributed by atoms with Crippen LogP contribution in [0, 0.1) is 16.0 Å². The molecular weight excluding hydrogens is 306 g/mol. The van der Waals surface area contributed by atoms with Gasteiger partial charge in [0.2, 0.25) is 5.91 Å². The second-order valence-corrected chi connectivity index (χ2v) is 5.95. The van der Waals surface area contributed by atoms with Gasteiger partial charge in [-0.05, 0) is 18.6 Å². The Morgan fingerprint density at radius 1 is 1.36 bits per heavy atom. The van der Waals surface area contributed by atoms with Gasteiger partial charge in [-0.15, -0.1) is 0 Å². The Labute approximate surface area is 134 Å². The second-order valence-electron chi connectivity index (χ2n) is 5.51. The fourth-order valence-electron chi connectivity index (χ4n) is 2.56. The number of rotatable bonds is 4. The van der Waals surface area contributed by atoms with Crippen molar-refractivity contribution in [2.75, 3.05) is 31.1 Å². The first-order valence-electron chi connectivity index (χ1n) is 7.41. The lowest BCUT2D eigenvalue weighted by Crippen LogP contribution is -2.50. The molecule has 1 heterocycles. The predicted molar refractivity (Wildman–Crippen MR) is 86.4 cm³/mol. The number of carbonyl (C=O) groups excluding carboxylic acids is 1. The van der Waals surface area contributed by atoms with Crippen LogP contribution >= 0.6 is 11.6 Å². The van der Waals surface area contributed by atoms with Crippen molar-refractivity contribution in [1.82, 2.24) is 4.90 Å². The highest BCUT2D eigenvalue weighted by atomic mass is 35.5. The van der Waals surface area contributed by atoms with E-state index >= 15 is 0 Å². The smallest absolute Gasteiger partial charge is 0.294 e. The van der Waals surface area contributed by atoms with Gasteiger partial charge in [-0.3, -0.25) is 14.9 Å². The van der Waals surface area contributed by atoms with Crippen LogP contribution in [0.5, 0.6) is 0 Å². The van der Waals surface area contributed by atoms with Gasteiger partial charge < -0.3 is 9.80 Å². The highest BCUT2D eigenvalue weighted by molar-refractivity contribution is 6.30. The van der Waals surface area contributed by atoms with Crippen LogP contribution in [0.2, 0.25) is 5.02 Å². The largest absolute Gasteiger partial charge is 0.362 e. The van der Waals surface area contributed by atoms with Crippen molar-refractivity contribution in [2.45, 2.75) is 20.3 Å². The minimum absolute atomic E-state index is 0.00852. The molecule has 0 unspecified atom stereocenters. The number of hydrogen-bond donors (Lipinski definition) is 0. The van der Waals surface area contributed by atoms with Gasteiger partial charge >= 0.3 is 0 Å². The number of piperazine rings is 1. The fraction of sp³-hybridized carbons (Fsp3) is 0.533. The maximum atomic E-state index is 12.2. The molecule has 2 rings (SSSR count). The molecular formula is C15H20ClN3O3. The molecule has 120 valence electrons. The van der Waals surface area contributed by atoms with Crippen LogP contribution in [0.4, 0.5) is 11.4 Å². The number of amides is 1. The standard InChI is InChI=1S/C15H20ClN3O3/c1-3-11(2)15(20)18-8-6-17(7-9-18)13-5-4-12(16)10-14(13)19(21)22/h4-5,10-11H,3,6-9H2,1-2H3/t11-/m0/s1. The third kappa shape index (κ3) is 3.50. The van der Waals surface area contributed by atoms with Gasteiger partial charge in [-0.2, -0.15) is 0 Å². The molecule has 0 saturated carbocycles. The van der Waals surface area contributed by atoms with Gasteiger partial charge in [0.05, 0.1) is 4.92 Å². The van der Waals surface area contributed by atoms with E-state index in [-0.39, 0.29) is 17.5 Å². The van der Waals surface area contributed by atoms with E-state index in [0.717, 1.165) is 6.42 Å². The Hall–Kier alpha value is -1.82. The zero-order valence-corrected chi connectivity index (χ0v) is 13.5. The quantitative estimate of drug-likeness (QED) is 0.630. The van der Waals surface area contributed by atoms with E-state index < -0.39 is 4.92 Å². The minimum Gasteiger partial charge on any atom is -0.362 e. The summed E-state index contributed by atoms with van der Waals surface area (Å²) >= 11 is 5.84. The lowest BCUT2D eigenvalue weighted by Gasteiger charge is -2.36. The third-order valence-corrected chi connectivity index (χ3v) is 4.34.